The molecule has 0 unspecified atom stereocenters. The molecule has 0 aliphatic heterocycles. The summed E-state index contributed by atoms with van der Waals surface area (Å²) in [6, 6.07) is 12.2. The van der Waals surface area contributed by atoms with Crippen LogP contribution in [0.1, 0.15) is 24.2 Å². The molecule has 0 heterocycles. The maximum absolute atomic E-state index is 12.5. The van der Waals surface area contributed by atoms with Gasteiger partial charge in [-0.3, -0.25) is 14.4 Å². The largest absolute Gasteiger partial charge is 0.326 e. The number of benzene rings is 2. The summed E-state index contributed by atoms with van der Waals surface area (Å²) in [6.45, 7) is 2.75. The van der Waals surface area contributed by atoms with Crippen LogP contribution in [0.2, 0.25) is 0 Å². The molecule has 2 rings (SSSR count). The van der Waals surface area contributed by atoms with Crippen LogP contribution < -0.4 is 16.0 Å². The summed E-state index contributed by atoms with van der Waals surface area (Å²) in [5.74, 6) is -0.866. The lowest BCUT2D eigenvalue weighted by atomic mass is 10.1. The number of carbonyl (C=O) groups excluding carboxylic acids is 3. The maximum atomic E-state index is 12.5. The summed E-state index contributed by atoms with van der Waals surface area (Å²) in [7, 11) is 0. The normalized spacial score (nSPS) is 10.0. The smallest absolute Gasteiger partial charge is 0.255 e. The molecule has 2 aromatic carbocycles. The summed E-state index contributed by atoms with van der Waals surface area (Å²) < 4.78 is 0. The molecule has 0 fully saturated rings. The first-order valence-corrected chi connectivity index (χ1v) is 8.75. The number of thioether (sulfide) groups is 1. The van der Waals surface area contributed by atoms with Gasteiger partial charge in [-0.2, -0.15) is 0 Å². The number of hydrogen-bond donors (Lipinski definition) is 3. The predicted molar refractivity (Wildman–Crippen MR) is 101 cm³/mol. The zero-order valence-electron chi connectivity index (χ0n) is 14.2. The molecule has 0 atom stereocenters. The van der Waals surface area contributed by atoms with E-state index in [-0.39, 0.29) is 17.7 Å². The third kappa shape index (κ3) is 5.65. The van der Waals surface area contributed by atoms with Crippen LogP contribution in [0.25, 0.3) is 0 Å². The second kappa shape index (κ2) is 8.34. The van der Waals surface area contributed by atoms with Gasteiger partial charge >= 0.3 is 0 Å². The van der Waals surface area contributed by atoms with E-state index in [1.165, 1.54) is 13.8 Å². The van der Waals surface area contributed by atoms with Crippen LogP contribution in [0.3, 0.4) is 0 Å². The lowest BCUT2D eigenvalue weighted by molar-refractivity contribution is -0.115. The Bertz CT molecular complexity index is 787. The van der Waals surface area contributed by atoms with Gasteiger partial charge in [0, 0.05) is 41.4 Å². The van der Waals surface area contributed by atoms with Gasteiger partial charge in [0.2, 0.25) is 11.8 Å². The van der Waals surface area contributed by atoms with Gasteiger partial charge in [-0.15, -0.1) is 11.8 Å². The van der Waals surface area contributed by atoms with Gasteiger partial charge in [0.25, 0.3) is 5.91 Å². The molecular formula is C18H19N3O3S. The Morgan fingerprint density at radius 1 is 0.800 bits per heavy atom. The third-order valence-electron chi connectivity index (χ3n) is 3.16. The summed E-state index contributed by atoms with van der Waals surface area (Å²) in [6.07, 6.45) is 1.96. The van der Waals surface area contributed by atoms with E-state index in [4.69, 9.17) is 0 Å². The average Bonchev–Trinajstić information content (AvgIpc) is 2.53. The quantitative estimate of drug-likeness (QED) is 0.714. The Labute approximate surface area is 150 Å². The molecule has 0 bridgehead atoms. The van der Waals surface area contributed by atoms with Crippen LogP contribution in [0.5, 0.6) is 0 Å². The fourth-order valence-electron chi connectivity index (χ4n) is 2.21. The molecule has 0 radical (unpaired) electrons. The number of hydrogen-bond acceptors (Lipinski definition) is 4. The van der Waals surface area contributed by atoms with Crippen LogP contribution >= 0.6 is 11.8 Å². The van der Waals surface area contributed by atoms with Crippen LogP contribution in [-0.2, 0) is 9.59 Å². The van der Waals surface area contributed by atoms with Gasteiger partial charge < -0.3 is 16.0 Å². The van der Waals surface area contributed by atoms with Crippen molar-refractivity contribution in [3.63, 3.8) is 0 Å². The monoisotopic (exact) mass is 357 g/mol. The number of carbonyl (C=O) groups is 3. The fourth-order valence-corrected chi connectivity index (χ4v) is 2.67. The van der Waals surface area contributed by atoms with E-state index >= 15 is 0 Å². The van der Waals surface area contributed by atoms with Crippen LogP contribution in [-0.4, -0.2) is 24.0 Å². The van der Waals surface area contributed by atoms with Crippen molar-refractivity contribution in [1.29, 1.82) is 0 Å². The Hall–Kier alpha value is -2.80. The zero-order valence-corrected chi connectivity index (χ0v) is 15.0. The highest BCUT2D eigenvalue weighted by molar-refractivity contribution is 7.98. The standard InChI is InChI=1S/C18H19N3O3S/c1-11(22)19-15-7-13(8-16(9-15)20-12(2)23)18(24)21-14-5-4-6-17(10-14)25-3/h4-10H,1-3H3,(H,19,22)(H,20,23)(H,21,24). The SMILES string of the molecule is CSc1cccc(NC(=O)c2cc(NC(C)=O)cc(NC(C)=O)c2)c1. The molecule has 0 aliphatic carbocycles. The second-order valence-electron chi connectivity index (χ2n) is 5.35. The van der Waals surface area contributed by atoms with Crippen molar-refractivity contribution in [1.82, 2.24) is 0 Å². The van der Waals surface area contributed by atoms with Gasteiger partial charge in [-0.1, -0.05) is 6.07 Å². The summed E-state index contributed by atoms with van der Waals surface area (Å²) in [5.41, 5.74) is 1.86. The highest BCUT2D eigenvalue weighted by atomic mass is 32.2. The van der Waals surface area contributed by atoms with E-state index in [9.17, 15) is 14.4 Å². The van der Waals surface area contributed by atoms with E-state index in [1.54, 1.807) is 36.0 Å². The Kier molecular flexibility index (Phi) is 6.19. The molecule has 0 saturated heterocycles. The fraction of sp³-hybridized carbons (Fsp3) is 0.167. The number of anilines is 3. The molecule has 130 valence electrons. The number of amides is 3. The third-order valence-corrected chi connectivity index (χ3v) is 3.89. The average molecular weight is 357 g/mol. The molecule has 2 aromatic rings. The van der Waals surface area contributed by atoms with Crippen molar-refractivity contribution in [3.8, 4) is 0 Å². The highest BCUT2D eigenvalue weighted by Crippen LogP contribution is 2.22. The maximum Gasteiger partial charge on any atom is 0.255 e. The molecule has 0 aliphatic rings. The van der Waals surface area contributed by atoms with Crippen LogP contribution in [0, 0.1) is 0 Å². The molecule has 6 nitrogen and oxygen atoms in total. The molecule has 3 amide bonds. The van der Waals surface area contributed by atoms with E-state index in [1.807, 2.05) is 24.5 Å². The van der Waals surface area contributed by atoms with Crippen molar-refractivity contribution < 1.29 is 14.4 Å². The first-order valence-electron chi connectivity index (χ1n) is 7.53. The van der Waals surface area contributed by atoms with E-state index in [0.29, 0.717) is 22.6 Å². The predicted octanol–water partition coefficient (Wildman–Crippen LogP) is 3.58. The molecule has 7 heteroatoms. The van der Waals surface area contributed by atoms with Crippen molar-refractivity contribution in [3.05, 3.63) is 48.0 Å². The van der Waals surface area contributed by atoms with Crippen LogP contribution in [0.15, 0.2) is 47.4 Å². The minimum Gasteiger partial charge on any atom is -0.326 e. The van der Waals surface area contributed by atoms with E-state index in [2.05, 4.69) is 16.0 Å². The number of rotatable bonds is 5. The van der Waals surface area contributed by atoms with Gasteiger partial charge in [0.05, 0.1) is 0 Å². The highest BCUT2D eigenvalue weighted by Gasteiger charge is 2.11. The minimum atomic E-state index is -0.336. The van der Waals surface area contributed by atoms with E-state index in [0.717, 1.165) is 4.90 Å². The summed E-state index contributed by atoms with van der Waals surface area (Å²) >= 11 is 1.58. The van der Waals surface area contributed by atoms with Crippen molar-refractivity contribution in [2.45, 2.75) is 18.7 Å². The zero-order chi connectivity index (χ0) is 18.4. The van der Waals surface area contributed by atoms with Crippen LogP contribution in [0.4, 0.5) is 17.1 Å². The van der Waals surface area contributed by atoms with Gasteiger partial charge in [-0.25, -0.2) is 0 Å². The van der Waals surface area contributed by atoms with E-state index < -0.39 is 0 Å². The van der Waals surface area contributed by atoms with Gasteiger partial charge in [-0.05, 0) is 42.7 Å². The summed E-state index contributed by atoms with van der Waals surface area (Å²) in [5, 5.41) is 8.06. The number of nitrogens with one attached hydrogen (secondary N) is 3. The molecule has 0 spiro atoms. The van der Waals surface area contributed by atoms with Gasteiger partial charge in [0.15, 0.2) is 0 Å². The van der Waals surface area contributed by atoms with Crippen molar-refractivity contribution in [2.24, 2.45) is 0 Å². The Morgan fingerprint density at radius 3 is 1.92 bits per heavy atom. The Balaban J connectivity index is 2.29. The topological polar surface area (TPSA) is 87.3 Å². The van der Waals surface area contributed by atoms with Crippen molar-refractivity contribution in [2.75, 3.05) is 22.2 Å². The lowest BCUT2D eigenvalue weighted by Crippen LogP contribution is -2.15. The minimum absolute atomic E-state index is 0.265. The molecule has 25 heavy (non-hydrogen) atoms. The molecular weight excluding hydrogens is 338 g/mol. The summed E-state index contributed by atoms with van der Waals surface area (Å²) in [4.78, 5) is 36.2. The molecule has 0 saturated carbocycles. The first-order chi connectivity index (χ1) is 11.9. The van der Waals surface area contributed by atoms with Crippen molar-refractivity contribution >= 4 is 46.5 Å². The second-order valence-corrected chi connectivity index (χ2v) is 6.23. The molecule has 0 aromatic heterocycles. The lowest BCUT2D eigenvalue weighted by Gasteiger charge is -2.11. The Morgan fingerprint density at radius 2 is 1.40 bits per heavy atom. The van der Waals surface area contributed by atoms with Gasteiger partial charge in [0.1, 0.15) is 0 Å². The first kappa shape index (κ1) is 18.5. The molecule has 3 N–H and O–H groups in total.